The van der Waals surface area contributed by atoms with Gasteiger partial charge in [-0.15, -0.1) is 0 Å². The van der Waals surface area contributed by atoms with Gasteiger partial charge in [-0.1, -0.05) is 159 Å². The first-order valence-electron chi connectivity index (χ1n) is 23.5. The van der Waals surface area contributed by atoms with Gasteiger partial charge in [0.2, 0.25) is 0 Å². The first-order valence-corrected chi connectivity index (χ1v) is 23.5. The number of rotatable bonds is 5. The molecule has 316 valence electrons. The molecule has 3 heterocycles. The molecule has 0 saturated carbocycles. The van der Waals surface area contributed by atoms with Crippen LogP contribution in [0.1, 0.15) is 43.4 Å². The van der Waals surface area contributed by atoms with Crippen molar-refractivity contribution in [3.8, 4) is 45.1 Å². The molecular formula is C63H44N4. The molecule has 14 rings (SSSR count). The molecule has 67 heavy (non-hydrogen) atoms. The highest BCUT2D eigenvalue weighted by atomic mass is 15.0. The predicted octanol–water partition coefficient (Wildman–Crippen LogP) is 14.2. The Morgan fingerprint density at radius 1 is 0.463 bits per heavy atom. The van der Waals surface area contributed by atoms with Gasteiger partial charge >= 0.3 is 0 Å². The van der Waals surface area contributed by atoms with E-state index in [-0.39, 0.29) is 5.41 Å². The molecule has 9 aromatic carbocycles. The number of hydrogen-bond donors (Lipinski definition) is 0. The Kier molecular flexibility index (Phi) is 8.12. The van der Waals surface area contributed by atoms with E-state index in [1.165, 1.54) is 93.1 Å². The largest absolute Gasteiger partial charge is 0.310 e. The predicted molar refractivity (Wildman–Crippen MR) is 279 cm³/mol. The summed E-state index contributed by atoms with van der Waals surface area (Å²) in [6.45, 7) is 4.79. The number of benzene rings is 9. The summed E-state index contributed by atoms with van der Waals surface area (Å²) in [6, 6.07) is 73.2. The van der Waals surface area contributed by atoms with Gasteiger partial charge in [0.15, 0.2) is 5.82 Å². The van der Waals surface area contributed by atoms with Gasteiger partial charge < -0.3 is 9.13 Å². The van der Waals surface area contributed by atoms with Crippen LogP contribution in [0.4, 0.5) is 0 Å². The van der Waals surface area contributed by atoms with E-state index in [4.69, 9.17) is 9.97 Å². The van der Waals surface area contributed by atoms with Crippen molar-refractivity contribution < 1.29 is 0 Å². The number of fused-ring (bicyclic) bond motifs is 12. The average Bonchev–Trinajstić information content (AvgIpc) is 3.98. The van der Waals surface area contributed by atoms with Crippen molar-refractivity contribution in [2.75, 3.05) is 0 Å². The van der Waals surface area contributed by atoms with Gasteiger partial charge in [-0.2, -0.15) is 0 Å². The summed E-state index contributed by atoms with van der Waals surface area (Å²) in [5, 5.41) is 9.91. The Balaban J connectivity index is 1.09. The second-order valence-corrected chi connectivity index (χ2v) is 18.8. The van der Waals surface area contributed by atoms with Crippen LogP contribution in [0.5, 0.6) is 0 Å². The second-order valence-electron chi connectivity index (χ2n) is 18.8. The summed E-state index contributed by atoms with van der Waals surface area (Å²) in [6.07, 6.45) is 4.28. The Morgan fingerprint density at radius 3 is 1.96 bits per heavy atom. The lowest BCUT2D eigenvalue weighted by Crippen LogP contribution is -2.33. The lowest BCUT2D eigenvalue weighted by molar-refractivity contribution is 0.661. The smallest absolute Gasteiger partial charge is 0.160 e. The quantitative estimate of drug-likeness (QED) is 0.173. The molecule has 12 aromatic rings. The van der Waals surface area contributed by atoms with Crippen LogP contribution in [-0.4, -0.2) is 19.1 Å². The van der Waals surface area contributed by atoms with Crippen LogP contribution in [0, 0.1) is 0 Å². The van der Waals surface area contributed by atoms with E-state index in [0.717, 1.165) is 46.3 Å². The Labute approximate surface area is 388 Å². The fourth-order valence-electron chi connectivity index (χ4n) is 11.7. The highest BCUT2D eigenvalue weighted by Gasteiger charge is 2.37. The van der Waals surface area contributed by atoms with Crippen molar-refractivity contribution in [2.45, 2.75) is 32.1 Å². The molecule has 4 nitrogen and oxygen atoms in total. The fourth-order valence-corrected chi connectivity index (χ4v) is 11.7. The van der Waals surface area contributed by atoms with Gasteiger partial charge in [0.05, 0.1) is 33.1 Å². The van der Waals surface area contributed by atoms with E-state index in [1.54, 1.807) is 0 Å². The van der Waals surface area contributed by atoms with Gasteiger partial charge in [-0.25, -0.2) is 9.97 Å². The summed E-state index contributed by atoms with van der Waals surface area (Å²) >= 11 is 0. The van der Waals surface area contributed by atoms with Crippen molar-refractivity contribution in [3.05, 3.63) is 227 Å². The number of hydrogen-bond acceptors (Lipinski definition) is 2. The van der Waals surface area contributed by atoms with Crippen molar-refractivity contribution in [2.24, 2.45) is 0 Å². The molecule has 0 amide bonds. The van der Waals surface area contributed by atoms with Crippen molar-refractivity contribution in [1.29, 1.82) is 0 Å². The first kappa shape index (κ1) is 38.0. The standard InChI is InChI=1S/C63H44N4/c1-63(2)52-33-32-39-18-9-10-23-45(39)59(52)51-37-50-47-24-12-15-29-55(47)67(58(50)38-53(51)63)44-35-41(34-42(36-44)62-64-54-28-14-11-25-48(54)61(65-62)40-19-5-3-6-20-40)46-27-17-31-57-60(46)49-26-13-16-30-56(49)66(57)43-21-7-4-8-22-43/h3-16,18-26,28-38H,17,27H2,1-2H3. The third-order valence-corrected chi connectivity index (χ3v) is 14.7. The third-order valence-electron chi connectivity index (χ3n) is 14.7. The van der Waals surface area contributed by atoms with Gasteiger partial charge in [0, 0.05) is 54.7 Å². The van der Waals surface area contributed by atoms with Gasteiger partial charge in [-0.3, -0.25) is 0 Å². The molecule has 2 aliphatic carbocycles. The van der Waals surface area contributed by atoms with Crippen molar-refractivity contribution in [3.63, 3.8) is 0 Å². The van der Waals surface area contributed by atoms with Crippen molar-refractivity contribution in [1.82, 2.24) is 19.1 Å². The van der Waals surface area contributed by atoms with Gasteiger partial charge in [0.1, 0.15) is 0 Å². The summed E-state index contributed by atoms with van der Waals surface area (Å²) in [4.78, 5) is 10.9. The van der Waals surface area contributed by atoms with Crippen LogP contribution in [-0.2, 0) is 5.41 Å². The van der Waals surface area contributed by atoms with Crippen molar-refractivity contribution >= 4 is 66.0 Å². The summed E-state index contributed by atoms with van der Waals surface area (Å²) in [5.41, 5.74) is 17.5. The van der Waals surface area contributed by atoms with Gasteiger partial charge in [-0.05, 0) is 118 Å². The molecule has 0 N–H and O–H groups in total. The van der Waals surface area contributed by atoms with E-state index in [2.05, 4.69) is 229 Å². The second kappa shape index (κ2) is 14.3. The van der Waals surface area contributed by atoms with Crippen LogP contribution >= 0.6 is 0 Å². The monoisotopic (exact) mass is 856 g/mol. The van der Waals surface area contributed by atoms with E-state index >= 15 is 0 Å². The minimum Gasteiger partial charge on any atom is -0.310 e. The summed E-state index contributed by atoms with van der Waals surface area (Å²) in [5.74, 6) is 0.709. The molecule has 0 atom stereocenters. The Bertz CT molecular complexity index is 4170. The molecule has 0 bridgehead atoms. The zero-order chi connectivity index (χ0) is 44.4. The fraction of sp³-hybridized carbons (Fsp3) is 0.0794. The summed E-state index contributed by atoms with van der Waals surface area (Å²) in [7, 11) is 0. The van der Waals surface area contributed by atoms with Crippen LogP contribution in [0.25, 0.3) is 111 Å². The maximum atomic E-state index is 5.49. The molecule has 3 aromatic heterocycles. The number of nitrogens with zero attached hydrogens (tertiary/aromatic N) is 4. The minimum atomic E-state index is -0.193. The molecule has 0 saturated heterocycles. The van der Waals surface area contributed by atoms with Gasteiger partial charge in [0.25, 0.3) is 0 Å². The van der Waals surface area contributed by atoms with E-state index in [9.17, 15) is 0 Å². The third kappa shape index (κ3) is 5.60. The zero-order valence-electron chi connectivity index (χ0n) is 37.3. The molecular weight excluding hydrogens is 813 g/mol. The molecule has 0 aliphatic heterocycles. The molecule has 0 radical (unpaired) electrons. The van der Waals surface area contributed by atoms with Crippen LogP contribution in [0.3, 0.4) is 0 Å². The topological polar surface area (TPSA) is 35.6 Å². The Hall–Kier alpha value is -8.34. The highest BCUT2D eigenvalue weighted by Crippen LogP contribution is 2.53. The van der Waals surface area contributed by atoms with Crippen LogP contribution < -0.4 is 10.6 Å². The maximum absolute atomic E-state index is 5.49. The SMILES string of the molecule is CC1(C)c2cc3c(cc2-c2c1ccc1ccccc21)c1ccccc1n3-c1cc(C2=c3c(n(-c4ccccc4)c4ccccc34)=CCC2)cc(-c2nc(-c3ccccc3)c3ccccc3n2)c1. The normalized spacial score (nSPS) is 13.9. The summed E-state index contributed by atoms with van der Waals surface area (Å²) < 4.78 is 4.96. The Morgan fingerprint density at radius 2 is 1.13 bits per heavy atom. The van der Waals surface area contributed by atoms with E-state index < -0.39 is 0 Å². The number of aromatic nitrogens is 4. The van der Waals surface area contributed by atoms with E-state index in [0.29, 0.717) is 5.82 Å². The molecule has 0 fully saturated rings. The molecule has 0 unspecified atom stereocenters. The lowest BCUT2D eigenvalue weighted by Gasteiger charge is -2.22. The minimum absolute atomic E-state index is 0.193. The lowest BCUT2D eigenvalue weighted by atomic mass is 9.82. The highest BCUT2D eigenvalue weighted by molar-refractivity contribution is 6.13. The molecule has 0 spiro atoms. The average molecular weight is 857 g/mol. The maximum Gasteiger partial charge on any atom is 0.160 e. The van der Waals surface area contributed by atoms with Crippen LogP contribution in [0.2, 0.25) is 0 Å². The zero-order valence-corrected chi connectivity index (χ0v) is 37.3. The molecule has 2 aliphatic rings. The van der Waals surface area contributed by atoms with Crippen LogP contribution in [0.15, 0.2) is 200 Å². The van der Waals surface area contributed by atoms with E-state index in [1.807, 2.05) is 0 Å². The number of para-hydroxylation sites is 4. The first-order chi connectivity index (χ1) is 33.0. The molecule has 4 heteroatoms.